The number of anilines is 1. The Morgan fingerprint density at radius 3 is 2.87 bits per heavy atom. The van der Waals surface area contributed by atoms with E-state index in [9.17, 15) is 4.79 Å². The van der Waals surface area contributed by atoms with E-state index in [4.69, 9.17) is 5.73 Å². The fourth-order valence-corrected chi connectivity index (χ4v) is 3.04. The van der Waals surface area contributed by atoms with Crippen molar-refractivity contribution in [1.29, 1.82) is 0 Å². The summed E-state index contributed by atoms with van der Waals surface area (Å²) in [6.07, 6.45) is 0.978. The molecule has 1 amide bonds. The number of hydrogen-bond acceptors (Lipinski definition) is 4. The first kappa shape index (κ1) is 15.6. The molecular formula is C17H23N5O. The van der Waals surface area contributed by atoms with Gasteiger partial charge in [-0.2, -0.15) is 5.10 Å². The van der Waals surface area contributed by atoms with Crippen LogP contribution in [0, 0.1) is 6.92 Å². The van der Waals surface area contributed by atoms with Crippen molar-refractivity contribution >= 4 is 11.7 Å². The second-order valence-corrected chi connectivity index (χ2v) is 6.14. The highest BCUT2D eigenvalue weighted by molar-refractivity contribution is 5.76. The van der Waals surface area contributed by atoms with Gasteiger partial charge in [0.05, 0.1) is 5.69 Å². The lowest BCUT2D eigenvalue weighted by molar-refractivity contribution is -0.122. The highest BCUT2D eigenvalue weighted by Gasteiger charge is 2.24. The summed E-state index contributed by atoms with van der Waals surface area (Å²) in [6.45, 7) is 4.85. The zero-order chi connectivity index (χ0) is 16.2. The Hall–Kier alpha value is -2.34. The highest BCUT2D eigenvalue weighted by atomic mass is 16.2. The minimum absolute atomic E-state index is 0.0358. The summed E-state index contributed by atoms with van der Waals surface area (Å²) >= 11 is 0. The Morgan fingerprint density at radius 1 is 1.39 bits per heavy atom. The van der Waals surface area contributed by atoms with Crippen LogP contribution in [-0.4, -0.2) is 39.7 Å². The summed E-state index contributed by atoms with van der Waals surface area (Å²) in [6, 6.07) is 12.4. The van der Waals surface area contributed by atoms with Crippen LogP contribution in [0.1, 0.15) is 17.7 Å². The maximum Gasteiger partial charge on any atom is 0.242 e. The van der Waals surface area contributed by atoms with Crippen LogP contribution in [0.2, 0.25) is 0 Å². The average Bonchev–Trinajstić information content (AvgIpc) is 3.06. The molecular weight excluding hydrogens is 290 g/mol. The summed E-state index contributed by atoms with van der Waals surface area (Å²) in [5.41, 5.74) is 7.95. The van der Waals surface area contributed by atoms with Crippen molar-refractivity contribution in [3.05, 3.63) is 47.7 Å². The molecule has 1 aliphatic rings. The Kier molecular flexibility index (Phi) is 4.62. The van der Waals surface area contributed by atoms with Crippen molar-refractivity contribution < 1.29 is 4.79 Å². The van der Waals surface area contributed by atoms with E-state index in [1.165, 1.54) is 5.56 Å². The molecule has 0 radical (unpaired) electrons. The molecule has 3 N–H and O–H groups in total. The van der Waals surface area contributed by atoms with Gasteiger partial charge in [0, 0.05) is 31.7 Å². The van der Waals surface area contributed by atoms with Crippen LogP contribution in [-0.2, 0) is 17.9 Å². The highest BCUT2D eigenvalue weighted by Crippen LogP contribution is 2.13. The van der Waals surface area contributed by atoms with Gasteiger partial charge in [-0.1, -0.05) is 30.3 Å². The van der Waals surface area contributed by atoms with E-state index in [0.29, 0.717) is 5.82 Å². The van der Waals surface area contributed by atoms with Crippen molar-refractivity contribution in [3.8, 4) is 0 Å². The predicted molar refractivity (Wildman–Crippen MR) is 89.6 cm³/mol. The third kappa shape index (κ3) is 4.10. The third-order valence-electron chi connectivity index (χ3n) is 4.11. The number of hydrogen-bond donors (Lipinski definition) is 2. The first-order valence-electron chi connectivity index (χ1n) is 7.96. The number of rotatable bonds is 5. The van der Waals surface area contributed by atoms with Gasteiger partial charge < -0.3 is 11.1 Å². The number of likely N-dealkylation sites (tertiary alicyclic amines) is 1. The van der Waals surface area contributed by atoms with Crippen LogP contribution in [0.25, 0.3) is 0 Å². The fraction of sp³-hybridized carbons (Fsp3) is 0.412. The molecule has 1 atom stereocenters. The molecule has 0 saturated carbocycles. The van der Waals surface area contributed by atoms with Gasteiger partial charge >= 0.3 is 0 Å². The molecule has 2 heterocycles. The van der Waals surface area contributed by atoms with Crippen LogP contribution in [0.3, 0.4) is 0 Å². The maximum atomic E-state index is 12.1. The van der Waals surface area contributed by atoms with Gasteiger partial charge in [0.25, 0.3) is 0 Å². The predicted octanol–water partition coefficient (Wildman–Crippen LogP) is 1.16. The summed E-state index contributed by atoms with van der Waals surface area (Å²) in [7, 11) is 0. The summed E-state index contributed by atoms with van der Waals surface area (Å²) in [4.78, 5) is 14.5. The van der Waals surface area contributed by atoms with Gasteiger partial charge in [-0.3, -0.25) is 9.69 Å². The number of aromatic nitrogens is 2. The van der Waals surface area contributed by atoms with Gasteiger partial charge in [-0.25, -0.2) is 4.68 Å². The quantitative estimate of drug-likeness (QED) is 0.868. The molecule has 122 valence electrons. The fourth-order valence-electron chi connectivity index (χ4n) is 3.04. The number of amides is 1. The second kappa shape index (κ2) is 6.83. The van der Waals surface area contributed by atoms with Gasteiger partial charge in [-0.05, 0) is 18.9 Å². The normalized spacial score (nSPS) is 18.2. The van der Waals surface area contributed by atoms with Crippen molar-refractivity contribution in [2.75, 3.05) is 18.8 Å². The Labute approximate surface area is 136 Å². The van der Waals surface area contributed by atoms with E-state index >= 15 is 0 Å². The van der Waals surface area contributed by atoms with Gasteiger partial charge in [-0.15, -0.1) is 0 Å². The number of aryl methyl sites for hydroxylation is 1. The summed E-state index contributed by atoms with van der Waals surface area (Å²) < 4.78 is 1.54. The summed E-state index contributed by atoms with van der Waals surface area (Å²) in [5, 5.41) is 7.30. The second-order valence-electron chi connectivity index (χ2n) is 6.14. The number of nitrogens with one attached hydrogen (secondary N) is 1. The molecule has 3 rings (SSSR count). The monoisotopic (exact) mass is 313 g/mol. The van der Waals surface area contributed by atoms with E-state index in [-0.39, 0.29) is 18.5 Å². The number of carbonyl (C=O) groups is 1. The zero-order valence-corrected chi connectivity index (χ0v) is 13.4. The Bertz CT molecular complexity index is 667. The molecule has 2 aromatic rings. The molecule has 1 saturated heterocycles. The van der Waals surface area contributed by atoms with Crippen molar-refractivity contribution in [2.45, 2.75) is 32.5 Å². The Morgan fingerprint density at radius 2 is 2.17 bits per heavy atom. The third-order valence-corrected chi connectivity index (χ3v) is 4.11. The first-order chi connectivity index (χ1) is 11.1. The molecule has 0 aliphatic carbocycles. The average molecular weight is 313 g/mol. The topological polar surface area (TPSA) is 76.2 Å². The molecule has 1 aromatic heterocycles. The van der Waals surface area contributed by atoms with Crippen LogP contribution in [0.4, 0.5) is 5.82 Å². The lowest BCUT2D eigenvalue weighted by Gasteiger charge is -2.17. The number of nitrogens with two attached hydrogens (primary N) is 1. The van der Waals surface area contributed by atoms with Gasteiger partial charge in [0.2, 0.25) is 5.91 Å². The van der Waals surface area contributed by atoms with Crippen molar-refractivity contribution in [3.63, 3.8) is 0 Å². The van der Waals surface area contributed by atoms with Crippen molar-refractivity contribution in [1.82, 2.24) is 20.0 Å². The van der Waals surface area contributed by atoms with E-state index < -0.39 is 0 Å². The lowest BCUT2D eigenvalue weighted by atomic mass is 10.2. The van der Waals surface area contributed by atoms with Crippen LogP contribution in [0.15, 0.2) is 36.4 Å². The number of nitrogens with zero attached hydrogens (tertiary/aromatic N) is 3. The van der Waals surface area contributed by atoms with Gasteiger partial charge in [0.15, 0.2) is 0 Å². The smallest absolute Gasteiger partial charge is 0.242 e. The molecule has 6 nitrogen and oxygen atoms in total. The van der Waals surface area contributed by atoms with E-state index in [1.807, 2.05) is 13.0 Å². The standard InChI is InChI=1S/C17H23N5O/c1-13-9-16(18)22(20-13)12-17(23)19-15-7-8-21(11-15)10-14-5-3-2-4-6-14/h2-6,9,15H,7-8,10-12,18H2,1H3,(H,19,23)/t15-/m0/s1. The van der Waals surface area contributed by atoms with E-state index in [0.717, 1.165) is 31.7 Å². The summed E-state index contributed by atoms with van der Waals surface area (Å²) in [5.74, 6) is 0.487. The first-order valence-corrected chi connectivity index (χ1v) is 7.96. The van der Waals surface area contributed by atoms with Crippen LogP contribution >= 0.6 is 0 Å². The van der Waals surface area contributed by atoms with Gasteiger partial charge in [0.1, 0.15) is 12.4 Å². The number of carbonyl (C=O) groups excluding carboxylic acids is 1. The molecule has 0 bridgehead atoms. The van der Waals surface area contributed by atoms with E-state index in [2.05, 4.69) is 39.6 Å². The largest absolute Gasteiger partial charge is 0.384 e. The van der Waals surface area contributed by atoms with Crippen molar-refractivity contribution in [2.24, 2.45) is 0 Å². The number of benzene rings is 1. The Balaban J connectivity index is 1.48. The molecule has 0 spiro atoms. The molecule has 6 heteroatoms. The molecule has 1 aromatic carbocycles. The zero-order valence-electron chi connectivity index (χ0n) is 13.4. The molecule has 0 unspecified atom stereocenters. The molecule has 1 fully saturated rings. The molecule has 23 heavy (non-hydrogen) atoms. The maximum absolute atomic E-state index is 12.1. The lowest BCUT2D eigenvalue weighted by Crippen LogP contribution is -2.39. The molecule has 1 aliphatic heterocycles. The van der Waals surface area contributed by atoms with E-state index in [1.54, 1.807) is 10.7 Å². The minimum Gasteiger partial charge on any atom is -0.384 e. The number of nitrogen functional groups attached to an aromatic ring is 1. The minimum atomic E-state index is -0.0358. The SMILES string of the molecule is Cc1cc(N)n(CC(=O)N[C@H]2CCN(Cc3ccccc3)C2)n1. The van der Waals surface area contributed by atoms with Crippen LogP contribution in [0.5, 0.6) is 0 Å². The van der Waals surface area contributed by atoms with Crippen LogP contribution < -0.4 is 11.1 Å².